The molecule has 0 spiro atoms. The highest BCUT2D eigenvalue weighted by Crippen LogP contribution is 2.28. The summed E-state index contributed by atoms with van der Waals surface area (Å²) in [5, 5.41) is 0. The first kappa shape index (κ1) is 10.1. The van der Waals surface area contributed by atoms with E-state index in [1.54, 1.807) is 0 Å². The van der Waals surface area contributed by atoms with Crippen molar-refractivity contribution in [3.05, 3.63) is 33.8 Å². The molecule has 1 aromatic carbocycles. The van der Waals surface area contributed by atoms with Crippen molar-refractivity contribution in [1.29, 1.82) is 0 Å². The van der Waals surface area contributed by atoms with Gasteiger partial charge in [0.05, 0.1) is 11.5 Å². The normalized spacial score (nSPS) is 24.3. The Hall–Kier alpha value is -0.390. The minimum Gasteiger partial charge on any atom is -0.323 e. The summed E-state index contributed by atoms with van der Waals surface area (Å²) in [7, 11) is -3.00. The maximum Gasteiger partial charge on any atom is 0.156 e. The van der Waals surface area contributed by atoms with Crippen LogP contribution >= 0.6 is 15.9 Å². The molecule has 0 saturated heterocycles. The quantitative estimate of drug-likeness (QED) is 0.778. The Morgan fingerprint density at radius 3 is 2.86 bits per heavy atom. The third-order valence-electron chi connectivity index (χ3n) is 2.32. The van der Waals surface area contributed by atoms with Crippen LogP contribution in [-0.4, -0.2) is 14.2 Å². The molecule has 0 fully saturated rings. The molecule has 0 amide bonds. The fourth-order valence-electron chi connectivity index (χ4n) is 1.70. The van der Waals surface area contributed by atoms with Crippen molar-refractivity contribution in [3.63, 3.8) is 0 Å². The van der Waals surface area contributed by atoms with Gasteiger partial charge in [-0.25, -0.2) is 8.42 Å². The Labute approximate surface area is 91.4 Å². The fraction of sp³-hybridized carbons (Fsp3) is 0.333. The lowest BCUT2D eigenvalue weighted by atomic mass is 10.0. The summed E-state index contributed by atoms with van der Waals surface area (Å²) in [4.78, 5) is 0. The number of nitrogens with two attached hydrogens (primary N) is 1. The van der Waals surface area contributed by atoms with E-state index in [-0.39, 0.29) is 17.5 Å². The molecule has 1 aliphatic rings. The molecule has 0 aliphatic carbocycles. The van der Waals surface area contributed by atoms with Gasteiger partial charge in [-0.3, -0.25) is 0 Å². The monoisotopic (exact) mass is 275 g/mol. The average molecular weight is 276 g/mol. The molecule has 0 bridgehead atoms. The highest BCUT2D eigenvalue weighted by Gasteiger charge is 2.27. The van der Waals surface area contributed by atoms with E-state index in [0.29, 0.717) is 0 Å². The van der Waals surface area contributed by atoms with Gasteiger partial charge in [-0.1, -0.05) is 22.0 Å². The van der Waals surface area contributed by atoms with Gasteiger partial charge in [0.2, 0.25) is 0 Å². The lowest BCUT2D eigenvalue weighted by Gasteiger charge is -2.22. The zero-order valence-electron chi connectivity index (χ0n) is 7.40. The Bertz CT molecular complexity index is 470. The summed E-state index contributed by atoms with van der Waals surface area (Å²) >= 11 is 3.34. The van der Waals surface area contributed by atoms with E-state index < -0.39 is 9.84 Å². The standard InChI is InChI=1S/C9H10BrNO2S/c10-7-2-1-6-4-14(12,13)5-9(11)8(6)3-7/h1-3,9H,4-5,11H2/t9-/m0/s1. The van der Waals surface area contributed by atoms with Crippen LogP contribution in [-0.2, 0) is 15.6 Å². The van der Waals surface area contributed by atoms with Crippen molar-refractivity contribution in [2.24, 2.45) is 5.73 Å². The van der Waals surface area contributed by atoms with Gasteiger partial charge in [-0.05, 0) is 23.3 Å². The predicted molar refractivity (Wildman–Crippen MR) is 58.6 cm³/mol. The topological polar surface area (TPSA) is 60.2 Å². The number of rotatable bonds is 0. The fourth-order valence-corrected chi connectivity index (χ4v) is 3.66. The number of benzene rings is 1. The molecule has 0 aromatic heterocycles. The molecule has 0 saturated carbocycles. The summed E-state index contributed by atoms with van der Waals surface area (Å²) in [5.41, 5.74) is 7.56. The van der Waals surface area contributed by atoms with Crippen molar-refractivity contribution in [2.75, 3.05) is 5.75 Å². The first-order valence-electron chi connectivity index (χ1n) is 4.22. The summed E-state index contributed by atoms with van der Waals surface area (Å²) in [6, 6.07) is 5.16. The van der Waals surface area contributed by atoms with Crippen LogP contribution in [0, 0.1) is 0 Å². The van der Waals surface area contributed by atoms with Gasteiger partial charge in [-0.15, -0.1) is 0 Å². The Morgan fingerprint density at radius 2 is 2.14 bits per heavy atom. The van der Waals surface area contributed by atoms with Crippen molar-refractivity contribution in [2.45, 2.75) is 11.8 Å². The van der Waals surface area contributed by atoms with Gasteiger partial charge >= 0.3 is 0 Å². The zero-order valence-corrected chi connectivity index (χ0v) is 9.81. The van der Waals surface area contributed by atoms with E-state index in [1.807, 2.05) is 18.2 Å². The summed E-state index contributed by atoms with van der Waals surface area (Å²) in [5.74, 6) is 0.166. The average Bonchev–Trinajstić information content (AvgIpc) is 2.05. The lowest BCUT2D eigenvalue weighted by molar-refractivity contribution is 0.582. The predicted octanol–water partition coefficient (Wildman–Crippen LogP) is 1.38. The molecule has 1 atom stereocenters. The number of fused-ring (bicyclic) bond motifs is 1. The van der Waals surface area contributed by atoms with Gasteiger partial charge in [0.1, 0.15) is 0 Å². The highest BCUT2D eigenvalue weighted by atomic mass is 79.9. The van der Waals surface area contributed by atoms with Gasteiger partial charge in [0, 0.05) is 10.5 Å². The first-order chi connectivity index (χ1) is 6.48. The second-order valence-electron chi connectivity index (χ2n) is 3.50. The molecule has 0 radical (unpaired) electrons. The van der Waals surface area contributed by atoms with Crippen molar-refractivity contribution in [1.82, 2.24) is 0 Å². The lowest BCUT2D eigenvalue weighted by Crippen LogP contribution is -2.28. The van der Waals surface area contributed by atoms with Crippen LogP contribution in [0.1, 0.15) is 17.2 Å². The number of sulfone groups is 1. The molecule has 1 aliphatic heterocycles. The van der Waals surface area contributed by atoms with Gasteiger partial charge in [-0.2, -0.15) is 0 Å². The second kappa shape index (κ2) is 3.32. The van der Waals surface area contributed by atoms with E-state index in [0.717, 1.165) is 15.6 Å². The minimum absolute atomic E-state index is 0.0520. The maximum absolute atomic E-state index is 11.4. The molecule has 76 valence electrons. The summed E-state index contributed by atoms with van der Waals surface area (Å²) in [6.07, 6.45) is 0. The number of halogens is 1. The second-order valence-corrected chi connectivity index (χ2v) is 6.53. The highest BCUT2D eigenvalue weighted by molar-refractivity contribution is 9.10. The largest absolute Gasteiger partial charge is 0.323 e. The third-order valence-corrected chi connectivity index (χ3v) is 4.43. The van der Waals surface area contributed by atoms with Gasteiger partial charge in [0.25, 0.3) is 0 Å². The molecule has 2 rings (SSSR count). The zero-order chi connectivity index (χ0) is 10.3. The smallest absolute Gasteiger partial charge is 0.156 e. The van der Waals surface area contributed by atoms with Crippen LogP contribution < -0.4 is 5.73 Å². The van der Waals surface area contributed by atoms with Crippen LogP contribution in [0.4, 0.5) is 0 Å². The van der Waals surface area contributed by atoms with Crippen molar-refractivity contribution < 1.29 is 8.42 Å². The van der Waals surface area contributed by atoms with Crippen LogP contribution in [0.3, 0.4) is 0 Å². The van der Waals surface area contributed by atoms with Gasteiger partial charge < -0.3 is 5.73 Å². The first-order valence-corrected chi connectivity index (χ1v) is 6.84. The van der Waals surface area contributed by atoms with E-state index in [1.165, 1.54) is 0 Å². The van der Waals surface area contributed by atoms with Crippen LogP contribution in [0.25, 0.3) is 0 Å². The van der Waals surface area contributed by atoms with E-state index in [4.69, 9.17) is 5.73 Å². The SMILES string of the molecule is N[C@H]1CS(=O)(=O)Cc2ccc(Br)cc21. The molecule has 5 heteroatoms. The Morgan fingerprint density at radius 1 is 1.43 bits per heavy atom. The Balaban J connectivity index is 2.56. The molecule has 14 heavy (non-hydrogen) atoms. The molecule has 3 nitrogen and oxygen atoms in total. The maximum atomic E-state index is 11.4. The molecule has 1 aromatic rings. The summed E-state index contributed by atoms with van der Waals surface area (Å²) < 4.78 is 23.8. The van der Waals surface area contributed by atoms with Crippen molar-refractivity contribution >= 4 is 25.8 Å². The molecule has 1 heterocycles. The molecule has 0 unspecified atom stereocenters. The van der Waals surface area contributed by atoms with Crippen LogP contribution in [0.15, 0.2) is 22.7 Å². The van der Waals surface area contributed by atoms with E-state index in [9.17, 15) is 8.42 Å². The Kier molecular flexibility index (Phi) is 2.41. The summed E-state index contributed by atoms with van der Waals surface area (Å²) in [6.45, 7) is 0. The number of hydrogen-bond donors (Lipinski definition) is 1. The number of hydrogen-bond acceptors (Lipinski definition) is 3. The van der Waals surface area contributed by atoms with Gasteiger partial charge in [0.15, 0.2) is 9.84 Å². The van der Waals surface area contributed by atoms with E-state index >= 15 is 0 Å². The van der Waals surface area contributed by atoms with E-state index in [2.05, 4.69) is 15.9 Å². The van der Waals surface area contributed by atoms with Crippen LogP contribution in [0.5, 0.6) is 0 Å². The minimum atomic E-state index is -3.00. The van der Waals surface area contributed by atoms with Crippen molar-refractivity contribution in [3.8, 4) is 0 Å². The molecule has 2 N–H and O–H groups in total. The molecular weight excluding hydrogens is 266 g/mol. The molecular formula is C9H10BrNO2S. The van der Waals surface area contributed by atoms with Crippen LogP contribution in [0.2, 0.25) is 0 Å². The third kappa shape index (κ3) is 1.85.